The van der Waals surface area contributed by atoms with Crippen LogP contribution in [0.3, 0.4) is 0 Å². The minimum Gasteiger partial charge on any atom is -0.379 e. The third kappa shape index (κ3) is 5.84. The maximum Gasteiger partial charge on any atom is 0.417 e. The molecule has 0 saturated heterocycles. The normalized spacial score (nSPS) is 12.7. The molecule has 7 nitrogen and oxygen atoms in total. The van der Waals surface area contributed by atoms with Crippen LogP contribution in [0.25, 0.3) is 45.2 Å². The maximum absolute atomic E-state index is 14.5. The van der Waals surface area contributed by atoms with Gasteiger partial charge in [0.1, 0.15) is 23.6 Å². The lowest BCUT2D eigenvalue weighted by Crippen LogP contribution is -2.51. The second kappa shape index (κ2) is 12.4. The van der Waals surface area contributed by atoms with Gasteiger partial charge in [0.25, 0.3) is 0 Å². The lowest BCUT2D eigenvalue weighted by Gasteiger charge is -2.44. The Bertz CT molecular complexity index is 2020. The summed E-state index contributed by atoms with van der Waals surface area (Å²) in [6.07, 6.45) is 2.32. The van der Waals surface area contributed by atoms with Gasteiger partial charge in [-0.3, -0.25) is 4.68 Å². The molecule has 0 bridgehead atoms. The van der Waals surface area contributed by atoms with Gasteiger partial charge in [-0.2, -0.15) is 18.3 Å². The number of benzene rings is 2. The van der Waals surface area contributed by atoms with Gasteiger partial charge in [-0.25, -0.2) is 18.7 Å². The number of fused-ring (bicyclic) bond motifs is 1. The molecule has 2 aliphatic heterocycles. The van der Waals surface area contributed by atoms with Crippen molar-refractivity contribution in [1.82, 2.24) is 29.1 Å². The van der Waals surface area contributed by atoms with Gasteiger partial charge in [-0.1, -0.05) is 64.9 Å². The number of nitrogens with zero attached hydrogens (tertiary/aromatic N) is 6. The predicted molar refractivity (Wildman–Crippen MR) is 176 cm³/mol. The average Bonchev–Trinajstić information content (AvgIpc) is 3.78. The number of aromatic nitrogens is 6. The Balaban J connectivity index is 1.28. The summed E-state index contributed by atoms with van der Waals surface area (Å²) in [4.78, 5) is 8.54. The summed E-state index contributed by atoms with van der Waals surface area (Å²) in [5.41, 5.74) is 2.24. The SMILES string of the molecule is CC(C)[Si](C(C)C)(C(C)C)n1ccc(-c2ccc(-c3cc(Cn4cc5nc(-c6cccc(F)c6F)nc-5cn4)on3)c(C(F)(F)F)c2)c1. The van der Waals surface area contributed by atoms with Crippen LogP contribution in [0.2, 0.25) is 16.6 Å². The highest BCUT2D eigenvalue weighted by atomic mass is 28.3. The largest absolute Gasteiger partial charge is 0.417 e. The highest BCUT2D eigenvalue weighted by Gasteiger charge is 2.45. The van der Waals surface area contributed by atoms with E-state index in [0.717, 1.165) is 11.6 Å². The van der Waals surface area contributed by atoms with E-state index in [0.29, 0.717) is 33.6 Å². The fourth-order valence-corrected chi connectivity index (χ4v) is 13.8. The quantitative estimate of drug-likeness (QED) is 0.112. The molecule has 2 aromatic heterocycles. The molecule has 0 aliphatic carbocycles. The zero-order chi connectivity index (χ0) is 34.5. The van der Waals surface area contributed by atoms with E-state index in [1.165, 1.54) is 47.4 Å². The van der Waals surface area contributed by atoms with E-state index >= 15 is 0 Å². The lowest BCUT2D eigenvalue weighted by atomic mass is 9.98. The summed E-state index contributed by atoms with van der Waals surface area (Å²) in [5.74, 6) is -1.81. The zero-order valence-corrected chi connectivity index (χ0v) is 28.3. The number of hydrogen-bond donors (Lipinski definition) is 0. The molecule has 6 rings (SSSR count). The van der Waals surface area contributed by atoms with Crippen molar-refractivity contribution >= 4 is 8.24 Å². The minimum atomic E-state index is -4.64. The smallest absolute Gasteiger partial charge is 0.379 e. The molecule has 0 unspecified atom stereocenters. The molecule has 250 valence electrons. The topological polar surface area (TPSA) is 74.6 Å². The van der Waals surface area contributed by atoms with Crippen LogP contribution in [-0.4, -0.2) is 37.4 Å². The molecular formula is C35H35F5N6OSi. The molecule has 0 N–H and O–H groups in total. The molecule has 0 radical (unpaired) electrons. The van der Waals surface area contributed by atoms with Crippen molar-refractivity contribution in [3.05, 3.63) is 96.3 Å². The van der Waals surface area contributed by atoms with E-state index in [9.17, 15) is 22.0 Å². The van der Waals surface area contributed by atoms with Crippen molar-refractivity contribution in [2.75, 3.05) is 0 Å². The van der Waals surface area contributed by atoms with Gasteiger partial charge in [0.2, 0.25) is 0 Å². The molecule has 4 aromatic rings. The van der Waals surface area contributed by atoms with E-state index in [2.05, 4.69) is 66.0 Å². The first-order valence-electron chi connectivity index (χ1n) is 15.7. The molecule has 4 heterocycles. The summed E-state index contributed by atoms with van der Waals surface area (Å²) >= 11 is 0. The summed E-state index contributed by atoms with van der Waals surface area (Å²) in [6.45, 7) is 13.5. The average molecular weight is 679 g/mol. The van der Waals surface area contributed by atoms with Crippen LogP contribution in [0.1, 0.15) is 52.9 Å². The van der Waals surface area contributed by atoms with Gasteiger partial charge in [0.15, 0.2) is 31.5 Å². The predicted octanol–water partition coefficient (Wildman–Crippen LogP) is 9.94. The van der Waals surface area contributed by atoms with E-state index in [4.69, 9.17) is 4.52 Å². The Morgan fingerprint density at radius 2 is 1.50 bits per heavy atom. The third-order valence-corrected chi connectivity index (χ3v) is 16.0. The molecule has 0 amide bonds. The van der Waals surface area contributed by atoms with Crippen LogP contribution in [0.5, 0.6) is 0 Å². The fraction of sp³-hybridized carbons (Fsp3) is 0.314. The molecule has 0 spiro atoms. The van der Waals surface area contributed by atoms with E-state index in [1.54, 1.807) is 6.07 Å². The Hall–Kier alpha value is -4.65. The van der Waals surface area contributed by atoms with Crippen LogP contribution >= 0.6 is 0 Å². The van der Waals surface area contributed by atoms with Gasteiger partial charge in [0.05, 0.1) is 23.5 Å². The van der Waals surface area contributed by atoms with Gasteiger partial charge in [-0.15, -0.1) is 0 Å². The fourth-order valence-electron chi connectivity index (χ4n) is 7.30. The van der Waals surface area contributed by atoms with Gasteiger partial charge in [-0.05, 0) is 58.2 Å². The van der Waals surface area contributed by atoms with Crippen LogP contribution in [0.15, 0.2) is 77.8 Å². The van der Waals surface area contributed by atoms with Crippen LogP contribution in [0.4, 0.5) is 22.0 Å². The monoisotopic (exact) mass is 678 g/mol. The Labute approximate surface area is 275 Å². The Kier molecular flexibility index (Phi) is 8.60. The first kappa shape index (κ1) is 33.3. The van der Waals surface area contributed by atoms with Crippen molar-refractivity contribution in [2.45, 2.75) is 70.9 Å². The Morgan fingerprint density at radius 3 is 2.19 bits per heavy atom. The first-order valence-corrected chi connectivity index (χ1v) is 17.9. The van der Waals surface area contributed by atoms with E-state index in [1.807, 2.05) is 18.5 Å². The van der Waals surface area contributed by atoms with Gasteiger partial charge >= 0.3 is 6.18 Å². The van der Waals surface area contributed by atoms with Crippen molar-refractivity contribution in [3.8, 4) is 45.2 Å². The summed E-state index contributed by atoms with van der Waals surface area (Å²) in [6, 6.07) is 11.4. The van der Waals surface area contributed by atoms with Crippen LogP contribution in [-0.2, 0) is 12.7 Å². The number of hydrogen-bond acceptors (Lipinski definition) is 5. The summed E-state index contributed by atoms with van der Waals surface area (Å²) in [7, 11) is -2.06. The van der Waals surface area contributed by atoms with E-state index in [-0.39, 0.29) is 35.0 Å². The molecule has 0 atom stereocenters. The number of alkyl halides is 3. The maximum atomic E-state index is 14.5. The zero-order valence-electron chi connectivity index (χ0n) is 27.3. The Morgan fingerprint density at radius 1 is 0.792 bits per heavy atom. The standard InChI is InChI=1S/C35H35F5N6OSi/c1-20(2)48(21(3)4,22(5)6)46-13-12-24(17-46)23-10-11-26(28(14-23)35(38,39)40)30-15-25(47-44-30)18-45-19-32-31(16-41-45)42-34(43-32)27-8-7-9-29(36)33(27)37/h7-17,19-22H,18H2,1-6H3. The highest BCUT2D eigenvalue weighted by Crippen LogP contribution is 2.44. The molecule has 0 saturated carbocycles. The molecule has 2 aliphatic rings. The van der Waals surface area contributed by atoms with Crippen molar-refractivity contribution in [2.24, 2.45) is 0 Å². The van der Waals surface area contributed by atoms with Crippen molar-refractivity contribution in [3.63, 3.8) is 0 Å². The lowest BCUT2D eigenvalue weighted by molar-refractivity contribution is -0.137. The van der Waals surface area contributed by atoms with Crippen molar-refractivity contribution < 1.29 is 26.5 Å². The molecule has 13 heteroatoms. The number of halogens is 5. The summed E-state index contributed by atoms with van der Waals surface area (Å²) < 4.78 is 80.7. The van der Waals surface area contributed by atoms with Gasteiger partial charge < -0.3 is 8.76 Å². The first-order chi connectivity index (χ1) is 22.7. The third-order valence-electron chi connectivity index (χ3n) is 9.23. The number of imidazole rings is 1. The summed E-state index contributed by atoms with van der Waals surface area (Å²) in [5, 5.41) is 8.22. The van der Waals surface area contributed by atoms with Crippen molar-refractivity contribution in [1.29, 1.82) is 0 Å². The minimum absolute atomic E-state index is 0.00404. The molecule has 2 aromatic carbocycles. The van der Waals surface area contributed by atoms with E-state index < -0.39 is 31.6 Å². The van der Waals surface area contributed by atoms with Crippen LogP contribution < -0.4 is 0 Å². The molecule has 48 heavy (non-hydrogen) atoms. The van der Waals surface area contributed by atoms with Crippen LogP contribution in [0, 0.1) is 11.6 Å². The second-order valence-corrected chi connectivity index (χ2v) is 18.7. The number of rotatable bonds is 9. The van der Waals surface area contributed by atoms with Gasteiger partial charge in [0, 0.05) is 17.8 Å². The molecular weight excluding hydrogens is 644 g/mol. The molecule has 0 fully saturated rings. The highest BCUT2D eigenvalue weighted by molar-refractivity contribution is 6.82. The second-order valence-electron chi connectivity index (χ2n) is 13.0.